The lowest BCUT2D eigenvalue weighted by molar-refractivity contribution is 0.251. The van der Waals surface area contributed by atoms with Gasteiger partial charge >= 0.3 is 0 Å². The van der Waals surface area contributed by atoms with Gasteiger partial charge in [-0.25, -0.2) is 0 Å². The Morgan fingerprint density at radius 3 is 3.13 bits per heavy atom. The van der Waals surface area contributed by atoms with Crippen LogP contribution >= 0.6 is 0 Å². The summed E-state index contributed by atoms with van der Waals surface area (Å²) in [6, 6.07) is 8.36. The van der Waals surface area contributed by atoms with Gasteiger partial charge in [0.25, 0.3) is 0 Å². The molecule has 1 aliphatic rings. The minimum atomic E-state index is -0.252. The van der Waals surface area contributed by atoms with E-state index in [0.29, 0.717) is 12.5 Å². The fraction of sp³-hybridized carbons (Fsp3) is 0.500. The van der Waals surface area contributed by atoms with E-state index in [2.05, 4.69) is 11.4 Å². The number of para-hydroxylation sites is 1. The van der Waals surface area contributed by atoms with Crippen molar-refractivity contribution in [3.8, 4) is 5.75 Å². The van der Waals surface area contributed by atoms with E-state index in [0.717, 1.165) is 25.3 Å². The summed E-state index contributed by atoms with van der Waals surface area (Å²) in [5.74, 6) is 0.960. The molecule has 1 atom stereocenters. The molecule has 0 spiro atoms. The lowest BCUT2D eigenvalue weighted by Gasteiger charge is -2.26. The van der Waals surface area contributed by atoms with Gasteiger partial charge in [-0.1, -0.05) is 18.2 Å². The molecule has 0 saturated carbocycles. The third kappa shape index (κ3) is 2.48. The molecule has 0 radical (unpaired) electrons. The molecule has 15 heavy (non-hydrogen) atoms. The van der Waals surface area contributed by atoms with Crippen molar-refractivity contribution in [1.29, 1.82) is 0 Å². The molecule has 0 aliphatic carbocycles. The first-order valence-corrected chi connectivity index (χ1v) is 5.43. The summed E-state index contributed by atoms with van der Waals surface area (Å²) in [4.78, 5) is 0. The second kappa shape index (κ2) is 5.12. The first kappa shape index (κ1) is 10.4. The van der Waals surface area contributed by atoms with Crippen molar-refractivity contribution >= 4 is 0 Å². The highest BCUT2D eigenvalue weighted by Gasteiger charge is 2.19. The molecule has 1 aromatic carbocycles. The van der Waals surface area contributed by atoms with E-state index in [4.69, 9.17) is 4.74 Å². The van der Waals surface area contributed by atoms with Crippen LogP contribution < -0.4 is 10.1 Å². The molecule has 0 fully saturated rings. The van der Waals surface area contributed by atoms with Gasteiger partial charge in [-0.05, 0) is 19.0 Å². The molecule has 0 bridgehead atoms. The van der Waals surface area contributed by atoms with E-state index >= 15 is 0 Å². The number of hydrogen-bond acceptors (Lipinski definition) is 2. The molecule has 2 rings (SSSR count). The van der Waals surface area contributed by atoms with Gasteiger partial charge in [-0.15, -0.1) is 0 Å². The minimum absolute atomic E-state index is 0.252. The number of rotatable bonds is 4. The van der Waals surface area contributed by atoms with Gasteiger partial charge in [0.15, 0.2) is 0 Å². The molecular formula is C12H16FNO. The summed E-state index contributed by atoms with van der Waals surface area (Å²) in [7, 11) is 0. The van der Waals surface area contributed by atoms with Crippen molar-refractivity contribution in [2.75, 3.05) is 19.8 Å². The van der Waals surface area contributed by atoms with Crippen LogP contribution in [0.4, 0.5) is 4.39 Å². The molecule has 0 amide bonds. The normalized spacial score (nSPS) is 19.4. The maximum Gasteiger partial charge on any atom is 0.124 e. The van der Waals surface area contributed by atoms with Crippen molar-refractivity contribution in [3.05, 3.63) is 29.8 Å². The summed E-state index contributed by atoms with van der Waals surface area (Å²) in [6.45, 7) is 1.22. The average molecular weight is 209 g/mol. The number of ether oxygens (including phenoxy) is 1. The SMILES string of the molecule is FCCCNC1CCOc2ccccc21. The molecule has 1 aliphatic heterocycles. The predicted octanol–water partition coefficient (Wildman–Crippen LogP) is 2.46. The maximum atomic E-state index is 12.0. The maximum absolute atomic E-state index is 12.0. The third-order valence-corrected chi connectivity index (χ3v) is 2.66. The van der Waals surface area contributed by atoms with Gasteiger partial charge in [-0.2, -0.15) is 0 Å². The molecule has 0 saturated heterocycles. The van der Waals surface area contributed by atoms with Crippen LogP contribution in [0.1, 0.15) is 24.4 Å². The zero-order valence-corrected chi connectivity index (χ0v) is 8.71. The number of hydrogen-bond donors (Lipinski definition) is 1. The van der Waals surface area contributed by atoms with E-state index in [1.165, 1.54) is 5.56 Å². The summed E-state index contributed by atoms with van der Waals surface area (Å²) >= 11 is 0. The average Bonchev–Trinajstić information content (AvgIpc) is 2.30. The van der Waals surface area contributed by atoms with E-state index in [-0.39, 0.29) is 6.67 Å². The number of alkyl halides is 1. The first-order chi connectivity index (χ1) is 7.42. The number of benzene rings is 1. The highest BCUT2D eigenvalue weighted by atomic mass is 19.1. The first-order valence-electron chi connectivity index (χ1n) is 5.43. The molecule has 1 aromatic rings. The zero-order valence-electron chi connectivity index (χ0n) is 8.71. The Hall–Kier alpha value is -1.09. The summed E-state index contributed by atoms with van der Waals surface area (Å²) < 4.78 is 17.5. The number of nitrogens with one attached hydrogen (secondary N) is 1. The van der Waals surface area contributed by atoms with Gasteiger partial charge in [0.05, 0.1) is 13.3 Å². The largest absolute Gasteiger partial charge is 0.493 e. The van der Waals surface area contributed by atoms with Crippen LogP contribution in [0, 0.1) is 0 Å². The highest BCUT2D eigenvalue weighted by molar-refractivity contribution is 5.37. The van der Waals surface area contributed by atoms with Crippen LogP contribution in [-0.2, 0) is 0 Å². The Morgan fingerprint density at radius 2 is 2.27 bits per heavy atom. The molecule has 82 valence electrons. The monoisotopic (exact) mass is 209 g/mol. The second-order valence-corrected chi connectivity index (χ2v) is 3.72. The van der Waals surface area contributed by atoms with Crippen LogP contribution in [0.15, 0.2) is 24.3 Å². The quantitative estimate of drug-likeness (QED) is 0.769. The van der Waals surface area contributed by atoms with Crippen LogP contribution in [-0.4, -0.2) is 19.8 Å². The molecule has 2 nitrogen and oxygen atoms in total. The van der Waals surface area contributed by atoms with Crippen LogP contribution in [0.3, 0.4) is 0 Å². The highest BCUT2D eigenvalue weighted by Crippen LogP contribution is 2.31. The third-order valence-electron chi connectivity index (χ3n) is 2.66. The van der Waals surface area contributed by atoms with Crippen molar-refractivity contribution in [2.24, 2.45) is 0 Å². The van der Waals surface area contributed by atoms with E-state index < -0.39 is 0 Å². The molecule has 3 heteroatoms. The van der Waals surface area contributed by atoms with Gasteiger partial charge in [0.2, 0.25) is 0 Å². The van der Waals surface area contributed by atoms with Crippen molar-refractivity contribution in [1.82, 2.24) is 5.32 Å². The van der Waals surface area contributed by atoms with Crippen molar-refractivity contribution in [2.45, 2.75) is 18.9 Å². The molecule has 1 unspecified atom stereocenters. The Kier molecular flexibility index (Phi) is 3.56. The van der Waals surface area contributed by atoms with Crippen LogP contribution in [0.25, 0.3) is 0 Å². The van der Waals surface area contributed by atoms with E-state index in [9.17, 15) is 4.39 Å². The molecule has 0 aromatic heterocycles. The van der Waals surface area contributed by atoms with Crippen molar-refractivity contribution in [3.63, 3.8) is 0 Å². The van der Waals surface area contributed by atoms with Crippen LogP contribution in [0.5, 0.6) is 5.75 Å². The van der Waals surface area contributed by atoms with E-state index in [1.54, 1.807) is 0 Å². The predicted molar refractivity (Wildman–Crippen MR) is 57.9 cm³/mol. The number of fused-ring (bicyclic) bond motifs is 1. The number of halogens is 1. The lowest BCUT2D eigenvalue weighted by Crippen LogP contribution is -2.28. The smallest absolute Gasteiger partial charge is 0.124 e. The fourth-order valence-electron chi connectivity index (χ4n) is 1.90. The second-order valence-electron chi connectivity index (χ2n) is 3.72. The summed E-state index contributed by atoms with van der Waals surface area (Å²) in [5.41, 5.74) is 1.20. The fourth-order valence-corrected chi connectivity index (χ4v) is 1.90. The topological polar surface area (TPSA) is 21.3 Å². The van der Waals surface area contributed by atoms with Gasteiger partial charge < -0.3 is 10.1 Å². The van der Waals surface area contributed by atoms with Gasteiger partial charge in [0.1, 0.15) is 5.75 Å². The zero-order chi connectivity index (χ0) is 10.5. The van der Waals surface area contributed by atoms with Gasteiger partial charge in [0, 0.05) is 18.0 Å². The summed E-state index contributed by atoms with van der Waals surface area (Å²) in [5, 5.41) is 3.36. The molecular weight excluding hydrogens is 193 g/mol. The minimum Gasteiger partial charge on any atom is -0.493 e. The molecule has 1 heterocycles. The molecule has 1 N–H and O–H groups in total. The Labute approximate surface area is 89.4 Å². The van der Waals surface area contributed by atoms with Gasteiger partial charge in [-0.3, -0.25) is 4.39 Å². The Balaban J connectivity index is 2.02. The van der Waals surface area contributed by atoms with E-state index in [1.807, 2.05) is 18.2 Å². The van der Waals surface area contributed by atoms with Crippen molar-refractivity contribution < 1.29 is 9.13 Å². The lowest BCUT2D eigenvalue weighted by atomic mass is 10.0. The van der Waals surface area contributed by atoms with Crippen LogP contribution in [0.2, 0.25) is 0 Å². The Bertz CT molecular complexity index is 316. The summed E-state index contributed by atoms with van der Waals surface area (Å²) in [6.07, 6.45) is 1.54. The Morgan fingerprint density at radius 1 is 1.40 bits per heavy atom. The standard InChI is InChI=1S/C12H16FNO/c13-7-3-8-14-11-6-9-15-12-5-2-1-4-10(11)12/h1-2,4-5,11,14H,3,6-9H2.